The van der Waals surface area contributed by atoms with Gasteiger partial charge in [0.2, 0.25) is 0 Å². The monoisotopic (exact) mass is 279 g/mol. The van der Waals surface area contributed by atoms with Gasteiger partial charge in [-0.1, -0.05) is 12.2 Å². The summed E-state index contributed by atoms with van der Waals surface area (Å²) in [6.45, 7) is 1.88. The van der Waals surface area contributed by atoms with Gasteiger partial charge in [-0.2, -0.15) is 0 Å². The lowest BCUT2D eigenvalue weighted by Gasteiger charge is -2.18. The number of nitrogens with one attached hydrogen (secondary N) is 1. The van der Waals surface area contributed by atoms with Gasteiger partial charge in [0.1, 0.15) is 10.7 Å². The molecule has 1 aromatic rings. The molecular weight excluding hydrogens is 258 g/mol. The molecule has 3 N–H and O–H groups in total. The van der Waals surface area contributed by atoms with Crippen LogP contribution in [0.1, 0.15) is 18.4 Å². The number of anilines is 1. The van der Waals surface area contributed by atoms with Gasteiger partial charge in [0.05, 0.1) is 7.11 Å². The third kappa shape index (κ3) is 3.81. The van der Waals surface area contributed by atoms with Gasteiger partial charge in [0.15, 0.2) is 0 Å². The zero-order valence-corrected chi connectivity index (χ0v) is 12.3. The molecule has 0 aliphatic heterocycles. The molecule has 2 rings (SSSR count). The molecule has 104 valence electrons. The first-order valence-corrected chi connectivity index (χ1v) is 6.94. The first-order valence-electron chi connectivity index (χ1n) is 6.53. The lowest BCUT2D eigenvalue weighted by atomic mass is 10.1. The van der Waals surface area contributed by atoms with Crippen LogP contribution in [0.5, 0.6) is 5.75 Å². The molecule has 0 heterocycles. The van der Waals surface area contributed by atoms with Crippen molar-refractivity contribution in [2.24, 2.45) is 5.73 Å². The molecule has 0 amide bonds. The average molecular weight is 279 g/mol. The summed E-state index contributed by atoms with van der Waals surface area (Å²) in [5.41, 5.74) is 7.54. The number of benzene rings is 1. The van der Waals surface area contributed by atoms with Crippen molar-refractivity contribution in [3.05, 3.63) is 23.8 Å². The van der Waals surface area contributed by atoms with E-state index < -0.39 is 0 Å². The number of hydrogen-bond acceptors (Lipinski definition) is 4. The van der Waals surface area contributed by atoms with E-state index >= 15 is 0 Å². The molecule has 1 aliphatic rings. The summed E-state index contributed by atoms with van der Waals surface area (Å²) in [6.07, 6.45) is 2.65. The maximum atomic E-state index is 5.74. The van der Waals surface area contributed by atoms with Gasteiger partial charge < -0.3 is 20.7 Å². The Hall–Kier alpha value is -1.33. The summed E-state index contributed by atoms with van der Waals surface area (Å²) in [5, 5.41) is 3.39. The Bertz CT molecular complexity index is 460. The predicted octanol–water partition coefficient (Wildman–Crippen LogP) is 1.84. The highest BCUT2D eigenvalue weighted by Crippen LogP contribution is 2.25. The first kappa shape index (κ1) is 14.1. The van der Waals surface area contributed by atoms with Crippen LogP contribution in [0.15, 0.2) is 18.2 Å². The zero-order chi connectivity index (χ0) is 13.8. The fourth-order valence-electron chi connectivity index (χ4n) is 2.08. The molecule has 4 nitrogen and oxygen atoms in total. The second-order valence-corrected chi connectivity index (χ2v) is 5.35. The lowest BCUT2D eigenvalue weighted by molar-refractivity contribution is 0.337. The Morgan fingerprint density at radius 3 is 2.84 bits per heavy atom. The van der Waals surface area contributed by atoms with Crippen molar-refractivity contribution in [2.45, 2.75) is 18.9 Å². The average Bonchev–Trinajstić information content (AvgIpc) is 3.22. The Balaban J connectivity index is 1.98. The van der Waals surface area contributed by atoms with Gasteiger partial charge in [-0.3, -0.25) is 0 Å². The summed E-state index contributed by atoms with van der Waals surface area (Å²) < 4.78 is 5.23. The van der Waals surface area contributed by atoms with E-state index in [1.165, 1.54) is 12.8 Å². The van der Waals surface area contributed by atoms with Crippen molar-refractivity contribution < 1.29 is 4.74 Å². The number of ether oxygens (including phenoxy) is 1. The summed E-state index contributed by atoms with van der Waals surface area (Å²) in [5.74, 6) is 0.804. The second-order valence-electron chi connectivity index (χ2n) is 4.91. The molecule has 0 spiro atoms. The normalized spacial score (nSPS) is 14.5. The maximum Gasteiger partial charge on any atom is 0.120 e. The van der Waals surface area contributed by atoms with Gasteiger partial charge in [0, 0.05) is 36.4 Å². The van der Waals surface area contributed by atoms with Gasteiger partial charge in [0.25, 0.3) is 0 Å². The molecule has 0 unspecified atom stereocenters. The van der Waals surface area contributed by atoms with Crippen molar-refractivity contribution in [3.63, 3.8) is 0 Å². The van der Waals surface area contributed by atoms with Gasteiger partial charge in [-0.25, -0.2) is 0 Å². The Kier molecular flexibility index (Phi) is 4.61. The SMILES string of the molecule is COc1ccc(C(N)=S)c(NCCN(C)C2CC2)c1. The van der Waals surface area contributed by atoms with Crippen LogP contribution in [0.25, 0.3) is 0 Å². The highest BCUT2D eigenvalue weighted by Gasteiger charge is 2.25. The zero-order valence-electron chi connectivity index (χ0n) is 11.5. The fourth-order valence-corrected chi connectivity index (χ4v) is 2.25. The van der Waals surface area contributed by atoms with Crippen LogP contribution in [0.4, 0.5) is 5.69 Å². The van der Waals surface area contributed by atoms with E-state index in [1.54, 1.807) is 7.11 Å². The predicted molar refractivity (Wildman–Crippen MR) is 83.0 cm³/mol. The minimum atomic E-state index is 0.403. The van der Waals surface area contributed by atoms with Gasteiger partial charge in [-0.05, 0) is 32.0 Å². The third-order valence-corrected chi connectivity index (χ3v) is 3.66. The molecule has 5 heteroatoms. The van der Waals surface area contributed by atoms with Crippen LogP contribution < -0.4 is 15.8 Å². The molecule has 0 saturated heterocycles. The summed E-state index contributed by atoms with van der Waals surface area (Å²) in [7, 11) is 3.82. The Labute approximate surface area is 119 Å². The van der Waals surface area contributed by atoms with Crippen molar-refractivity contribution in [1.82, 2.24) is 4.90 Å². The van der Waals surface area contributed by atoms with E-state index in [4.69, 9.17) is 22.7 Å². The van der Waals surface area contributed by atoms with Crippen LogP contribution in [-0.2, 0) is 0 Å². The third-order valence-electron chi connectivity index (χ3n) is 3.44. The smallest absolute Gasteiger partial charge is 0.120 e. The lowest BCUT2D eigenvalue weighted by Crippen LogP contribution is -2.27. The first-order chi connectivity index (χ1) is 9.11. The number of methoxy groups -OCH3 is 1. The number of rotatable bonds is 7. The van der Waals surface area contributed by atoms with E-state index in [9.17, 15) is 0 Å². The number of likely N-dealkylation sites (N-methyl/N-ethyl adjacent to an activating group) is 1. The fraction of sp³-hybridized carbons (Fsp3) is 0.500. The van der Waals surface area contributed by atoms with Crippen molar-refractivity contribution in [3.8, 4) is 5.75 Å². The molecule has 1 saturated carbocycles. The largest absolute Gasteiger partial charge is 0.497 e. The molecule has 0 radical (unpaired) electrons. The number of thiocarbonyl (C=S) groups is 1. The van der Waals surface area contributed by atoms with Crippen LogP contribution in [-0.4, -0.2) is 43.2 Å². The van der Waals surface area contributed by atoms with Crippen LogP contribution in [0.2, 0.25) is 0 Å². The topological polar surface area (TPSA) is 50.5 Å². The highest BCUT2D eigenvalue weighted by atomic mass is 32.1. The van der Waals surface area contributed by atoms with E-state index in [0.717, 1.165) is 36.1 Å². The van der Waals surface area contributed by atoms with E-state index in [0.29, 0.717) is 4.99 Å². The minimum absolute atomic E-state index is 0.403. The van der Waals surface area contributed by atoms with Crippen molar-refractivity contribution >= 4 is 22.9 Å². The number of hydrogen-bond donors (Lipinski definition) is 2. The standard InChI is InChI=1S/C14H21N3OS/c1-17(10-3-4-10)8-7-16-13-9-11(18-2)5-6-12(13)14(15)19/h5-6,9-10,16H,3-4,7-8H2,1-2H3,(H2,15,19). The molecule has 1 aromatic carbocycles. The van der Waals surface area contributed by atoms with E-state index in [-0.39, 0.29) is 0 Å². The maximum absolute atomic E-state index is 5.74. The molecule has 19 heavy (non-hydrogen) atoms. The van der Waals surface area contributed by atoms with Crippen LogP contribution in [0.3, 0.4) is 0 Å². The van der Waals surface area contributed by atoms with Gasteiger partial charge >= 0.3 is 0 Å². The Morgan fingerprint density at radius 2 is 2.26 bits per heavy atom. The molecule has 1 fully saturated rings. The minimum Gasteiger partial charge on any atom is -0.497 e. The van der Waals surface area contributed by atoms with Crippen molar-refractivity contribution in [2.75, 3.05) is 32.6 Å². The summed E-state index contributed by atoms with van der Waals surface area (Å²) in [4.78, 5) is 2.79. The Morgan fingerprint density at radius 1 is 1.53 bits per heavy atom. The molecule has 0 aromatic heterocycles. The van der Waals surface area contributed by atoms with Crippen molar-refractivity contribution in [1.29, 1.82) is 0 Å². The van der Waals surface area contributed by atoms with E-state index in [2.05, 4.69) is 17.3 Å². The highest BCUT2D eigenvalue weighted by molar-refractivity contribution is 7.80. The van der Waals surface area contributed by atoms with Crippen LogP contribution in [0, 0.1) is 0 Å². The quantitative estimate of drug-likeness (QED) is 0.746. The summed E-state index contributed by atoms with van der Waals surface area (Å²) >= 11 is 5.07. The van der Waals surface area contributed by atoms with E-state index in [1.807, 2.05) is 18.2 Å². The number of nitrogens with zero attached hydrogens (tertiary/aromatic N) is 1. The molecule has 0 atom stereocenters. The summed E-state index contributed by atoms with van der Waals surface area (Å²) in [6, 6.07) is 6.48. The van der Waals surface area contributed by atoms with Gasteiger partial charge in [-0.15, -0.1) is 0 Å². The second kappa shape index (κ2) is 6.21. The van der Waals surface area contributed by atoms with Crippen LogP contribution >= 0.6 is 12.2 Å². The molecular formula is C14H21N3OS. The number of nitrogens with two attached hydrogens (primary N) is 1. The molecule has 0 bridgehead atoms. The molecule has 1 aliphatic carbocycles.